The first-order chi connectivity index (χ1) is 7.67. The van der Waals surface area contributed by atoms with Gasteiger partial charge in [0.25, 0.3) is 5.91 Å². The Bertz CT molecular complexity index is 338. The number of primary amides is 1. The maximum absolute atomic E-state index is 10.9. The van der Waals surface area contributed by atoms with Crippen molar-refractivity contribution < 1.29 is 4.79 Å². The molecule has 0 bridgehead atoms. The van der Waals surface area contributed by atoms with Crippen molar-refractivity contribution in [2.45, 2.75) is 33.2 Å². The van der Waals surface area contributed by atoms with Crippen LogP contribution in [-0.4, -0.2) is 28.9 Å². The molecule has 16 heavy (non-hydrogen) atoms. The zero-order valence-electron chi connectivity index (χ0n) is 9.90. The highest BCUT2D eigenvalue weighted by Crippen LogP contribution is 2.15. The Labute approximate surface area is 100 Å². The normalized spacial score (nSPS) is 10.9. The average Bonchev–Trinajstić information content (AvgIpc) is 2.72. The lowest BCUT2D eigenvalue weighted by atomic mass is 10.3. The third-order valence-electron chi connectivity index (χ3n) is 2.42. The van der Waals surface area contributed by atoms with E-state index in [1.807, 2.05) is 0 Å². The van der Waals surface area contributed by atoms with Gasteiger partial charge in [-0.25, -0.2) is 4.98 Å². The van der Waals surface area contributed by atoms with Crippen LogP contribution in [0.5, 0.6) is 0 Å². The molecule has 0 fully saturated rings. The SMILES string of the molecule is CCCCN(CC)Cc1cnc(C(N)=O)s1. The Morgan fingerprint density at radius 3 is 2.81 bits per heavy atom. The van der Waals surface area contributed by atoms with Gasteiger partial charge in [0, 0.05) is 17.6 Å². The van der Waals surface area contributed by atoms with Crippen LogP contribution in [0.1, 0.15) is 41.4 Å². The highest BCUT2D eigenvalue weighted by Gasteiger charge is 2.09. The Morgan fingerprint density at radius 2 is 2.31 bits per heavy atom. The molecule has 2 N–H and O–H groups in total. The van der Waals surface area contributed by atoms with Crippen LogP contribution in [0.25, 0.3) is 0 Å². The Kier molecular flexibility index (Phi) is 5.42. The first kappa shape index (κ1) is 13.1. The smallest absolute Gasteiger partial charge is 0.277 e. The number of rotatable bonds is 7. The van der Waals surface area contributed by atoms with Gasteiger partial charge in [-0.05, 0) is 19.5 Å². The van der Waals surface area contributed by atoms with Crippen molar-refractivity contribution in [3.05, 3.63) is 16.1 Å². The van der Waals surface area contributed by atoms with E-state index in [0.717, 1.165) is 24.5 Å². The van der Waals surface area contributed by atoms with Crippen LogP contribution in [0.15, 0.2) is 6.20 Å². The lowest BCUT2D eigenvalue weighted by Gasteiger charge is -2.18. The molecular formula is C11H19N3OS. The molecule has 0 aliphatic heterocycles. The van der Waals surface area contributed by atoms with Gasteiger partial charge in [0.15, 0.2) is 5.01 Å². The van der Waals surface area contributed by atoms with Gasteiger partial charge in [-0.1, -0.05) is 20.3 Å². The van der Waals surface area contributed by atoms with Crippen molar-refractivity contribution in [2.24, 2.45) is 5.73 Å². The lowest BCUT2D eigenvalue weighted by Crippen LogP contribution is -2.23. The number of amides is 1. The topological polar surface area (TPSA) is 59.2 Å². The maximum atomic E-state index is 10.9. The molecule has 5 heteroatoms. The van der Waals surface area contributed by atoms with Gasteiger partial charge in [-0.2, -0.15) is 0 Å². The van der Waals surface area contributed by atoms with Gasteiger partial charge in [-0.3, -0.25) is 9.69 Å². The first-order valence-corrected chi connectivity index (χ1v) is 6.45. The summed E-state index contributed by atoms with van der Waals surface area (Å²) in [6.07, 6.45) is 4.15. The summed E-state index contributed by atoms with van der Waals surface area (Å²) in [6, 6.07) is 0. The molecule has 0 radical (unpaired) electrons. The molecule has 0 saturated carbocycles. The van der Waals surface area contributed by atoms with Crippen LogP contribution >= 0.6 is 11.3 Å². The van der Waals surface area contributed by atoms with E-state index >= 15 is 0 Å². The summed E-state index contributed by atoms with van der Waals surface area (Å²) >= 11 is 1.39. The van der Waals surface area contributed by atoms with Gasteiger partial charge in [0.05, 0.1) is 0 Å². The zero-order valence-corrected chi connectivity index (χ0v) is 10.7. The predicted molar refractivity (Wildman–Crippen MR) is 66.5 cm³/mol. The molecule has 1 heterocycles. The van der Waals surface area contributed by atoms with Gasteiger partial charge < -0.3 is 5.73 Å². The molecule has 0 spiro atoms. The third kappa shape index (κ3) is 3.90. The molecule has 1 aromatic rings. The number of nitrogens with zero attached hydrogens (tertiary/aromatic N) is 2. The standard InChI is InChI=1S/C11H19N3OS/c1-3-5-6-14(4-2)8-9-7-13-11(16-9)10(12)15/h7H,3-6,8H2,1-2H3,(H2,12,15). The van der Waals surface area contributed by atoms with E-state index in [-0.39, 0.29) is 0 Å². The number of hydrogen-bond acceptors (Lipinski definition) is 4. The molecule has 90 valence electrons. The molecule has 1 rings (SSSR count). The summed E-state index contributed by atoms with van der Waals surface area (Å²) < 4.78 is 0. The third-order valence-corrected chi connectivity index (χ3v) is 3.42. The van der Waals surface area contributed by atoms with Gasteiger partial charge in [-0.15, -0.1) is 11.3 Å². The number of carbonyl (C=O) groups excluding carboxylic acids is 1. The Hall–Kier alpha value is -0.940. The molecule has 0 unspecified atom stereocenters. The van der Waals surface area contributed by atoms with Crippen LogP contribution in [-0.2, 0) is 6.54 Å². The number of aromatic nitrogens is 1. The molecule has 1 amide bonds. The van der Waals surface area contributed by atoms with Crippen LogP contribution in [0.2, 0.25) is 0 Å². The van der Waals surface area contributed by atoms with Gasteiger partial charge in [0.2, 0.25) is 0 Å². The molecule has 0 saturated heterocycles. The molecule has 0 aromatic carbocycles. The van der Waals surface area contributed by atoms with E-state index in [1.165, 1.54) is 24.2 Å². The van der Waals surface area contributed by atoms with Crippen molar-refractivity contribution >= 4 is 17.2 Å². The number of carbonyl (C=O) groups is 1. The Balaban J connectivity index is 2.52. The average molecular weight is 241 g/mol. The van der Waals surface area contributed by atoms with Crippen molar-refractivity contribution in [1.82, 2.24) is 9.88 Å². The molecule has 0 aliphatic carbocycles. The molecule has 4 nitrogen and oxygen atoms in total. The van der Waals surface area contributed by atoms with Crippen molar-refractivity contribution in [3.8, 4) is 0 Å². The molecule has 0 aliphatic rings. The fourth-order valence-electron chi connectivity index (χ4n) is 1.45. The summed E-state index contributed by atoms with van der Waals surface area (Å²) in [5.74, 6) is -0.437. The fourth-order valence-corrected chi connectivity index (χ4v) is 2.25. The minimum absolute atomic E-state index is 0.404. The monoisotopic (exact) mass is 241 g/mol. The second-order valence-electron chi connectivity index (χ2n) is 3.72. The van der Waals surface area contributed by atoms with Crippen LogP contribution in [0, 0.1) is 0 Å². The van der Waals surface area contributed by atoms with Crippen molar-refractivity contribution in [3.63, 3.8) is 0 Å². The van der Waals surface area contributed by atoms with E-state index in [1.54, 1.807) is 6.20 Å². The second-order valence-corrected chi connectivity index (χ2v) is 4.83. The highest BCUT2D eigenvalue weighted by atomic mass is 32.1. The quantitative estimate of drug-likeness (QED) is 0.792. The molecular weight excluding hydrogens is 222 g/mol. The van der Waals surface area contributed by atoms with Gasteiger partial charge >= 0.3 is 0 Å². The summed E-state index contributed by atoms with van der Waals surface area (Å²) in [5, 5.41) is 0.404. The second kappa shape index (κ2) is 6.60. The van der Waals surface area contributed by atoms with Crippen LogP contribution < -0.4 is 5.73 Å². The van der Waals surface area contributed by atoms with E-state index in [0.29, 0.717) is 5.01 Å². The molecule has 1 aromatic heterocycles. The summed E-state index contributed by atoms with van der Waals surface area (Å²) in [7, 11) is 0. The zero-order chi connectivity index (χ0) is 12.0. The van der Waals surface area contributed by atoms with E-state index < -0.39 is 5.91 Å². The number of unbranched alkanes of at least 4 members (excludes halogenated alkanes) is 1. The summed E-state index contributed by atoms with van der Waals surface area (Å²) in [6.45, 7) is 7.31. The largest absolute Gasteiger partial charge is 0.364 e. The minimum Gasteiger partial charge on any atom is -0.364 e. The van der Waals surface area contributed by atoms with E-state index in [2.05, 4.69) is 23.7 Å². The fraction of sp³-hybridized carbons (Fsp3) is 0.636. The summed E-state index contributed by atoms with van der Waals surface area (Å²) in [4.78, 5) is 18.4. The predicted octanol–water partition coefficient (Wildman–Crippen LogP) is 1.86. The van der Waals surface area contributed by atoms with Crippen LogP contribution in [0.3, 0.4) is 0 Å². The summed E-state index contributed by atoms with van der Waals surface area (Å²) in [5.41, 5.74) is 5.17. The molecule has 0 atom stereocenters. The number of hydrogen-bond donors (Lipinski definition) is 1. The van der Waals surface area contributed by atoms with Crippen molar-refractivity contribution in [1.29, 1.82) is 0 Å². The minimum atomic E-state index is -0.437. The first-order valence-electron chi connectivity index (χ1n) is 5.64. The van der Waals surface area contributed by atoms with E-state index in [4.69, 9.17) is 5.73 Å². The number of nitrogens with two attached hydrogens (primary N) is 1. The van der Waals surface area contributed by atoms with Crippen LogP contribution in [0.4, 0.5) is 0 Å². The van der Waals surface area contributed by atoms with Gasteiger partial charge in [0.1, 0.15) is 0 Å². The lowest BCUT2D eigenvalue weighted by molar-refractivity contribution is 0.1000. The Morgan fingerprint density at radius 1 is 1.56 bits per heavy atom. The maximum Gasteiger partial charge on any atom is 0.277 e. The van der Waals surface area contributed by atoms with E-state index in [9.17, 15) is 4.79 Å². The highest BCUT2D eigenvalue weighted by molar-refractivity contribution is 7.13. The number of thiazole rings is 1. The van der Waals surface area contributed by atoms with Crippen molar-refractivity contribution in [2.75, 3.05) is 13.1 Å².